The lowest BCUT2D eigenvalue weighted by molar-refractivity contribution is -0.164. The second-order valence-electron chi connectivity index (χ2n) is 16.7. The molecule has 1 atom stereocenters. The van der Waals surface area contributed by atoms with Crippen molar-refractivity contribution in [2.24, 2.45) is 10.8 Å². The molecule has 2 saturated heterocycles. The van der Waals surface area contributed by atoms with Crippen molar-refractivity contribution in [3.8, 4) is 17.6 Å². The van der Waals surface area contributed by atoms with Gasteiger partial charge in [0.25, 0.3) is 17.7 Å². The van der Waals surface area contributed by atoms with Crippen molar-refractivity contribution in [1.29, 1.82) is 5.26 Å². The first-order chi connectivity index (χ1) is 27.9. The fourth-order valence-corrected chi connectivity index (χ4v) is 9.40. The molecular weight excluding hydrogens is 783 g/mol. The van der Waals surface area contributed by atoms with Crippen LogP contribution < -0.4 is 25.0 Å². The van der Waals surface area contributed by atoms with Gasteiger partial charge < -0.3 is 19.7 Å². The van der Waals surface area contributed by atoms with Crippen LogP contribution in [0.15, 0.2) is 30.3 Å². The number of imide groups is 2. The molecule has 2 N–H and O–H groups in total. The van der Waals surface area contributed by atoms with Crippen LogP contribution >= 0.6 is 11.6 Å². The molecule has 1 aromatic heterocycles. The highest BCUT2D eigenvalue weighted by Crippen LogP contribution is 2.55. The van der Waals surface area contributed by atoms with Gasteiger partial charge in [-0.2, -0.15) is 5.26 Å². The maximum atomic E-state index is 15.0. The number of halogens is 2. The first-order valence-corrected chi connectivity index (χ1v) is 20.0. The van der Waals surface area contributed by atoms with E-state index in [4.69, 9.17) is 31.0 Å². The number of nitrogens with one attached hydrogen (secondary N) is 2. The Kier molecular flexibility index (Phi) is 11.1. The molecule has 3 fully saturated rings. The van der Waals surface area contributed by atoms with E-state index in [1.165, 1.54) is 6.07 Å². The molecule has 3 aliphatic heterocycles. The van der Waals surface area contributed by atoms with E-state index in [0.717, 1.165) is 11.0 Å². The number of carbonyl (C=O) groups excluding carboxylic acids is 5. The average molecular weight is 829 g/mol. The standard InChI is InChI=1S/C42H46ClFN8O7/c1-22-33(35(55)49-38-41(3,4)39(42(38,5)6)59-25-9-8-24(21-45)28(43)18-25)23(2)47-40(46-22)51-15-13-50(14-16-51)12-7-17-58-31-20-27-26(19-29(31)44)36(56)52(37(27)57)30-10-11-32(53)48-34(30)54/h8-9,18-20,30,38-39H,7,10-17H2,1-6H3,(H,49,55)(H,48,53,54). The minimum Gasteiger partial charge on any atom is -0.490 e. The number of aryl methyl sites for hydroxylation is 2. The number of aromatic nitrogens is 2. The van der Waals surface area contributed by atoms with Crippen molar-refractivity contribution in [1.82, 2.24) is 30.4 Å². The second kappa shape index (κ2) is 15.8. The van der Waals surface area contributed by atoms with Gasteiger partial charge in [0.05, 0.1) is 45.3 Å². The summed E-state index contributed by atoms with van der Waals surface area (Å²) in [5.41, 5.74) is 0.896. The Balaban J connectivity index is 0.893. The maximum absolute atomic E-state index is 15.0. The van der Waals surface area contributed by atoms with Gasteiger partial charge in [0.1, 0.15) is 24.0 Å². The largest absolute Gasteiger partial charge is 0.490 e. The quantitative estimate of drug-likeness (QED) is 0.206. The Morgan fingerprint density at radius 3 is 2.25 bits per heavy atom. The van der Waals surface area contributed by atoms with E-state index in [0.29, 0.717) is 78.4 Å². The number of ether oxygens (including phenoxy) is 2. The molecule has 1 saturated carbocycles. The zero-order valence-electron chi connectivity index (χ0n) is 33.8. The number of piperazine rings is 1. The van der Waals surface area contributed by atoms with E-state index in [9.17, 15) is 29.2 Å². The van der Waals surface area contributed by atoms with E-state index in [1.807, 2.05) is 41.5 Å². The number of carbonyl (C=O) groups is 5. The lowest BCUT2D eigenvalue weighted by Gasteiger charge is -2.63. The van der Waals surface area contributed by atoms with Crippen LogP contribution in [-0.2, 0) is 9.59 Å². The van der Waals surface area contributed by atoms with Crippen molar-refractivity contribution in [2.75, 3.05) is 44.2 Å². The topological polar surface area (TPSA) is 187 Å². The SMILES string of the molecule is Cc1nc(N2CCN(CCCOc3cc4c(cc3F)C(=O)N(C3CCC(=O)NC3=O)C4=O)CC2)nc(C)c1C(=O)NC1C(C)(C)C(Oc2ccc(C#N)c(Cl)c2)C1(C)C. The fourth-order valence-electron chi connectivity index (χ4n) is 9.19. The molecule has 59 heavy (non-hydrogen) atoms. The van der Waals surface area contributed by atoms with Crippen LogP contribution in [0.3, 0.4) is 0 Å². The summed E-state index contributed by atoms with van der Waals surface area (Å²) in [5, 5.41) is 14.9. The van der Waals surface area contributed by atoms with E-state index < -0.39 is 46.3 Å². The zero-order chi connectivity index (χ0) is 42.6. The van der Waals surface area contributed by atoms with Crippen LogP contribution in [0.5, 0.6) is 11.5 Å². The Morgan fingerprint density at radius 1 is 1.00 bits per heavy atom. The monoisotopic (exact) mass is 828 g/mol. The van der Waals surface area contributed by atoms with Crippen molar-refractivity contribution in [3.63, 3.8) is 0 Å². The van der Waals surface area contributed by atoms with Crippen molar-refractivity contribution < 1.29 is 37.8 Å². The van der Waals surface area contributed by atoms with Crippen LogP contribution in [0.2, 0.25) is 5.02 Å². The van der Waals surface area contributed by atoms with E-state index in [-0.39, 0.29) is 54.4 Å². The Bertz CT molecular complexity index is 2260. The molecule has 17 heteroatoms. The van der Waals surface area contributed by atoms with Gasteiger partial charge in [0.15, 0.2) is 11.6 Å². The van der Waals surface area contributed by atoms with E-state index in [2.05, 4.69) is 26.5 Å². The number of nitrogens with zero attached hydrogens (tertiary/aromatic N) is 6. The number of hydrogen-bond donors (Lipinski definition) is 2. The molecular formula is C42H46ClFN8O7. The molecule has 4 aliphatic rings. The number of piperidine rings is 1. The summed E-state index contributed by atoms with van der Waals surface area (Å²) >= 11 is 6.25. The molecule has 15 nitrogen and oxygen atoms in total. The normalized spacial score (nSPS) is 22.3. The summed E-state index contributed by atoms with van der Waals surface area (Å²) in [6.07, 6.45) is 0.311. The number of anilines is 1. The lowest BCUT2D eigenvalue weighted by Crippen LogP contribution is -2.74. The van der Waals surface area contributed by atoms with Gasteiger partial charge in [-0.15, -0.1) is 0 Å². The van der Waals surface area contributed by atoms with Crippen LogP contribution in [0, 0.1) is 41.8 Å². The average Bonchev–Trinajstić information content (AvgIpc) is 3.41. The van der Waals surface area contributed by atoms with Crippen LogP contribution in [-0.4, -0.2) is 107 Å². The number of rotatable bonds is 11. The van der Waals surface area contributed by atoms with Crippen LogP contribution in [0.4, 0.5) is 10.3 Å². The predicted molar refractivity (Wildman–Crippen MR) is 213 cm³/mol. The maximum Gasteiger partial charge on any atom is 0.262 e. The highest BCUT2D eigenvalue weighted by Gasteiger charge is 2.64. The van der Waals surface area contributed by atoms with Crippen molar-refractivity contribution >= 4 is 47.1 Å². The third kappa shape index (κ3) is 7.69. The summed E-state index contributed by atoms with van der Waals surface area (Å²) in [6.45, 7) is 15.4. The van der Waals surface area contributed by atoms with E-state index >= 15 is 4.39 Å². The first-order valence-electron chi connectivity index (χ1n) is 19.6. The number of amides is 5. The summed E-state index contributed by atoms with van der Waals surface area (Å²) < 4.78 is 27.1. The van der Waals surface area contributed by atoms with Gasteiger partial charge in [-0.25, -0.2) is 14.4 Å². The van der Waals surface area contributed by atoms with Crippen molar-refractivity contribution in [3.05, 3.63) is 74.8 Å². The molecule has 1 aliphatic carbocycles. The number of benzene rings is 2. The van der Waals surface area contributed by atoms with E-state index in [1.54, 1.807) is 18.2 Å². The van der Waals surface area contributed by atoms with Crippen molar-refractivity contribution in [2.45, 2.75) is 79.0 Å². The summed E-state index contributed by atoms with van der Waals surface area (Å²) in [5.74, 6) is -2.83. The molecule has 0 radical (unpaired) electrons. The molecule has 2 aromatic carbocycles. The lowest BCUT2D eigenvalue weighted by atomic mass is 9.49. The minimum atomic E-state index is -1.14. The molecule has 0 bridgehead atoms. The zero-order valence-corrected chi connectivity index (χ0v) is 34.5. The minimum absolute atomic E-state index is 0.00471. The highest BCUT2D eigenvalue weighted by molar-refractivity contribution is 6.31. The van der Waals surface area contributed by atoms with Gasteiger partial charge in [-0.3, -0.25) is 39.1 Å². The molecule has 1 unspecified atom stereocenters. The summed E-state index contributed by atoms with van der Waals surface area (Å²) in [4.78, 5) is 78.4. The predicted octanol–water partition coefficient (Wildman–Crippen LogP) is 4.36. The third-order valence-corrected chi connectivity index (χ3v) is 12.3. The van der Waals surface area contributed by atoms with Gasteiger partial charge >= 0.3 is 0 Å². The van der Waals surface area contributed by atoms with Crippen LogP contribution in [0.1, 0.15) is 95.0 Å². The third-order valence-electron chi connectivity index (χ3n) is 11.9. The molecule has 0 spiro atoms. The first kappa shape index (κ1) is 41.5. The Labute approximate surface area is 346 Å². The Morgan fingerprint density at radius 2 is 1.64 bits per heavy atom. The van der Waals surface area contributed by atoms with Gasteiger partial charge in [-0.1, -0.05) is 39.3 Å². The fraction of sp³-hybridized carbons (Fsp3) is 0.476. The molecule has 310 valence electrons. The second-order valence-corrected chi connectivity index (χ2v) is 17.1. The highest BCUT2D eigenvalue weighted by atomic mass is 35.5. The summed E-state index contributed by atoms with van der Waals surface area (Å²) in [7, 11) is 0. The number of fused-ring (bicyclic) bond motifs is 1. The molecule has 7 rings (SSSR count). The van der Waals surface area contributed by atoms with Crippen LogP contribution in [0.25, 0.3) is 0 Å². The number of hydrogen-bond acceptors (Lipinski definition) is 12. The van der Waals surface area contributed by atoms with Gasteiger partial charge in [-0.05, 0) is 51.0 Å². The molecule has 5 amide bonds. The Hall–Kier alpha value is -5.66. The number of nitriles is 1. The van der Waals surface area contributed by atoms with Gasteiger partial charge in [0, 0.05) is 62.1 Å². The summed E-state index contributed by atoms with van der Waals surface area (Å²) in [6, 6.07) is 7.84. The smallest absolute Gasteiger partial charge is 0.262 e. The molecule has 4 heterocycles. The molecule has 3 aromatic rings. The van der Waals surface area contributed by atoms with Gasteiger partial charge in [0.2, 0.25) is 17.8 Å².